The first-order valence-electron chi connectivity index (χ1n) is 9.50. The summed E-state index contributed by atoms with van der Waals surface area (Å²) in [6, 6.07) is 22.8. The fraction of sp³-hybridized carbons (Fsp3) is 0.167. The fourth-order valence-electron chi connectivity index (χ4n) is 2.61. The van der Waals surface area contributed by atoms with Crippen molar-refractivity contribution in [2.24, 2.45) is 5.10 Å². The third-order valence-electron chi connectivity index (χ3n) is 4.22. The maximum Gasteiger partial charge on any atom is 0.277 e. The zero-order chi connectivity index (χ0) is 21.2. The van der Waals surface area contributed by atoms with E-state index in [2.05, 4.69) is 10.5 Å². The highest BCUT2D eigenvalue weighted by Crippen LogP contribution is 2.28. The molecule has 0 atom stereocenters. The lowest BCUT2D eigenvalue weighted by atomic mass is 10.2. The first-order valence-corrected chi connectivity index (χ1v) is 9.50. The lowest BCUT2D eigenvalue weighted by molar-refractivity contribution is -0.123. The monoisotopic (exact) mass is 404 g/mol. The number of hydrazone groups is 1. The molecule has 0 aliphatic heterocycles. The number of nitrogens with one attached hydrogen (secondary N) is 1. The lowest BCUT2D eigenvalue weighted by Crippen LogP contribution is -2.24. The lowest BCUT2D eigenvalue weighted by Gasteiger charge is -2.11. The Hall–Kier alpha value is -3.80. The van der Waals surface area contributed by atoms with Crippen molar-refractivity contribution in [3.8, 4) is 17.2 Å². The summed E-state index contributed by atoms with van der Waals surface area (Å²) < 4.78 is 16.7. The van der Waals surface area contributed by atoms with Crippen LogP contribution in [-0.4, -0.2) is 25.8 Å². The van der Waals surface area contributed by atoms with Crippen molar-refractivity contribution in [3.05, 3.63) is 89.5 Å². The summed E-state index contributed by atoms with van der Waals surface area (Å²) in [6.45, 7) is 2.32. The molecule has 0 unspecified atom stereocenters. The Morgan fingerprint density at radius 2 is 1.73 bits per heavy atom. The van der Waals surface area contributed by atoms with E-state index in [-0.39, 0.29) is 12.5 Å². The van der Waals surface area contributed by atoms with Crippen molar-refractivity contribution in [1.29, 1.82) is 0 Å². The second kappa shape index (κ2) is 10.7. The predicted octanol–water partition coefficient (Wildman–Crippen LogP) is 4.11. The van der Waals surface area contributed by atoms with Gasteiger partial charge in [-0.05, 0) is 48.4 Å². The Labute approximate surface area is 176 Å². The molecule has 0 saturated carbocycles. The van der Waals surface area contributed by atoms with Crippen LogP contribution in [0.4, 0.5) is 0 Å². The molecule has 0 aliphatic rings. The molecule has 0 aliphatic carbocycles. The average molecular weight is 404 g/mol. The van der Waals surface area contributed by atoms with Gasteiger partial charge in [-0.1, -0.05) is 48.0 Å². The predicted molar refractivity (Wildman–Crippen MR) is 116 cm³/mol. The van der Waals surface area contributed by atoms with Gasteiger partial charge < -0.3 is 14.2 Å². The molecule has 0 bridgehead atoms. The third kappa shape index (κ3) is 6.38. The number of amides is 1. The van der Waals surface area contributed by atoms with Crippen LogP contribution in [0.15, 0.2) is 77.9 Å². The molecule has 0 fully saturated rings. The Kier molecular flexibility index (Phi) is 7.44. The van der Waals surface area contributed by atoms with Crippen LogP contribution in [-0.2, 0) is 11.4 Å². The summed E-state index contributed by atoms with van der Waals surface area (Å²) in [4.78, 5) is 11.9. The van der Waals surface area contributed by atoms with E-state index < -0.39 is 0 Å². The summed E-state index contributed by atoms with van der Waals surface area (Å²) in [6.07, 6.45) is 1.53. The first kappa shape index (κ1) is 20.9. The van der Waals surface area contributed by atoms with Crippen molar-refractivity contribution in [2.75, 3.05) is 13.7 Å². The minimum atomic E-state index is -0.346. The molecule has 1 N–H and O–H groups in total. The summed E-state index contributed by atoms with van der Waals surface area (Å²) in [7, 11) is 1.58. The van der Waals surface area contributed by atoms with Gasteiger partial charge in [0.15, 0.2) is 18.1 Å². The third-order valence-corrected chi connectivity index (χ3v) is 4.22. The molecule has 0 spiro atoms. The van der Waals surface area contributed by atoms with Gasteiger partial charge in [-0.3, -0.25) is 4.79 Å². The number of aryl methyl sites for hydroxylation is 1. The number of methoxy groups -OCH3 is 1. The minimum absolute atomic E-state index is 0.115. The second-order valence-corrected chi connectivity index (χ2v) is 6.58. The molecular weight excluding hydrogens is 380 g/mol. The Bertz CT molecular complexity index is 986. The number of hydrogen-bond donors (Lipinski definition) is 1. The van der Waals surface area contributed by atoms with E-state index in [1.165, 1.54) is 6.21 Å². The highest BCUT2D eigenvalue weighted by Gasteiger charge is 2.06. The van der Waals surface area contributed by atoms with Gasteiger partial charge in [-0.2, -0.15) is 5.10 Å². The van der Waals surface area contributed by atoms with Gasteiger partial charge in [0.2, 0.25) is 0 Å². The van der Waals surface area contributed by atoms with E-state index >= 15 is 0 Å². The molecule has 6 heteroatoms. The van der Waals surface area contributed by atoms with Crippen molar-refractivity contribution in [3.63, 3.8) is 0 Å². The van der Waals surface area contributed by atoms with Gasteiger partial charge in [0.1, 0.15) is 12.4 Å². The van der Waals surface area contributed by atoms with Crippen molar-refractivity contribution >= 4 is 12.1 Å². The van der Waals surface area contributed by atoms with Crippen LogP contribution in [0, 0.1) is 6.92 Å². The molecule has 0 radical (unpaired) electrons. The van der Waals surface area contributed by atoms with Crippen LogP contribution < -0.4 is 19.6 Å². The number of rotatable bonds is 9. The maximum atomic E-state index is 11.9. The molecule has 3 aromatic carbocycles. The van der Waals surface area contributed by atoms with E-state index in [1.54, 1.807) is 13.2 Å². The van der Waals surface area contributed by atoms with E-state index in [9.17, 15) is 4.79 Å². The highest BCUT2D eigenvalue weighted by atomic mass is 16.5. The van der Waals surface area contributed by atoms with Crippen LogP contribution in [0.1, 0.15) is 16.7 Å². The number of nitrogens with zero attached hydrogens (tertiary/aromatic N) is 1. The Morgan fingerprint density at radius 3 is 2.47 bits per heavy atom. The van der Waals surface area contributed by atoms with Crippen molar-refractivity contribution < 1.29 is 19.0 Å². The van der Waals surface area contributed by atoms with Crippen LogP contribution in [0.5, 0.6) is 17.2 Å². The minimum Gasteiger partial charge on any atom is -0.493 e. The molecule has 1 amide bonds. The molecule has 3 aromatic rings. The number of ether oxygens (including phenoxy) is 3. The molecule has 30 heavy (non-hydrogen) atoms. The smallest absolute Gasteiger partial charge is 0.277 e. The zero-order valence-electron chi connectivity index (χ0n) is 17.0. The first-order chi connectivity index (χ1) is 14.6. The fourth-order valence-corrected chi connectivity index (χ4v) is 2.61. The SMILES string of the molecule is COc1cc(C=NNC(=O)COc2ccc(C)cc2)ccc1OCc1ccccc1. The molecule has 0 aromatic heterocycles. The molecule has 0 heterocycles. The molecular formula is C24H24N2O4. The quantitative estimate of drug-likeness (QED) is 0.430. The largest absolute Gasteiger partial charge is 0.493 e. The van der Waals surface area contributed by atoms with Crippen LogP contribution in [0.25, 0.3) is 0 Å². The summed E-state index contributed by atoms with van der Waals surface area (Å²) >= 11 is 0. The van der Waals surface area contributed by atoms with Gasteiger partial charge >= 0.3 is 0 Å². The summed E-state index contributed by atoms with van der Waals surface area (Å²) in [5.41, 5.74) is 5.41. The van der Waals surface area contributed by atoms with E-state index in [0.717, 1.165) is 16.7 Å². The maximum absolute atomic E-state index is 11.9. The van der Waals surface area contributed by atoms with E-state index in [4.69, 9.17) is 14.2 Å². The average Bonchev–Trinajstić information content (AvgIpc) is 2.78. The van der Waals surface area contributed by atoms with Gasteiger partial charge in [0.25, 0.3) is 5.91 Å². The van der Waals surface area contributed by atoms with Gasteiger partial charge in [-0.25, -0.2) is 5.43 Å². The molecule has 3 rings (SSSR count). The molecule has 6 nitrogen and oxygen atoms in total. The molecule has 0 saturated heterocycles. The normalized spacial score (nSPS) is 10.6. The Morgan fingerprint density at radius 1 is 0.967 bits per heavy atom. The van der Waals surface area contributed by atoms with Crippen LogP contribution in [0.3, 0.4) is 0 Å². The standard InChI is InChI=1S/C24H24N2O4/c1-18-8-11-21(12-9-18)29-17-24(27)26-25-15-20-10-13-22(23(14-20)28-2)30-16-19-6-4-3-5-7-19/h3-15H,16-17H2,1-2H3,(H,26,27). The Balaban J connectivity index is 1.50. The van der Waals surface area contributed by atoms with Crippen LogP contribution in [0.2, 0.25) is 0 Å². The highest BCUT2D eigenvalue weighted by molar-refractivity contribution is 5.83. The van der Waals surface area contributed by atoms with E-state index in [1.807, 2.05) is 73.7 Å². The summed E-state index contributed by atoms with van der Waals surface area (Å²) in [5, 5.41) is 3.97. The van der Waals surface area contributed by atoms with Gasteiger partial charge in [0.05, 0.1) is 13.3 Å². The summed E-state index contributed by atoms with van der Waals surface area (Å²) in [5.74, 6) is 1.51. The number of carbonyl (C=O) groups is 1. The second-order valence-electron chi connectivity index (χ2n) is 6.58. The topological polar surface area (TPSA) is 69.2 Å². The van der Waals surface area contributed by atoms with Crippen LogP contribution >= 0.6 is 0 Å². The zero-order valence-corrected chi connectivity index (χ0v) is 17.0. The van der Waals surface area contributed by atoms with Gasteiger partial charge in [-0.15, -0.1) is 0 Å². The van der Waals surface area contributed by atoms with Gasteiger partial charge in [0, 0.05) is 0 Å². The van der Waals surface area contributed by atoms with E-state index in [0.29, 0.717) is 23.9 Å². The van der Waals surface area contributed by atoms with Crippen molar-refractivity contribution in [2.45, 2.75) is 13.5 Å². The van der Waals surface area contributed by atoms with Crippen molar-refractivity contribution in [1.82, 2.24) is 5.43 Å². The molecule has 154 valence electrons. The number of hydrogen-bond acceptors (Lipinski definition) is 5. The number of carbonyl (C=O) groups excluding carboxylic acids is 1. The number of benzene rings is 3.